The average Bonchev–Trinajstić information content (AvgIpc) is 3.15. The van der Waals surface area contributed by atoms with Gasteiger partial charge in [-0.15, -0.1) is 11.3 Å². The van der Waals surface area contributed by atoms with Gasteiger partial charge in [-0.2, -0.15) is 0 Å². The van der Waals surface area contributed by atoms with Crippen LogP contribution < -0.4 is 5.73 Å². The summed E-state index contributed by atoms with van der Waals surface area (Å²) in [7, 11) is 0. The molecule has 0 spiro atoms. The van der Waals surface area contributed by atoms with Gasteiger partial charge in [0.25, 0.3) is 0 Å². The zero-order chi connectivity index (χ0) is 15.5. The predicted octanol–water partition coefficient (Wildman–Crippen LogP) is 0.223. The highest BCUT2D eigenvalue weighted by molar-refractivity contribution is 7.10. The van der Waals surface area contributed by atoms with Gasteiger partial charge in [0.05, 0.1) is 30.5 Å². The van der Waals surface area contributed by atoms with Crippen molar-refractivity contribution in [1.82, 2.24) is 19.5 Å². The van der Waals surface area contributed by atoms with E-state index in [1.165, 1.54) is 17.7 Å². The maximum atomic E-state index is 9.56. The minimum absolute atomic E-state index is 0.168. The van der Waals surface area contributed by atoms with E-state index in [0.717, 1.165) is 4.88 Å². The first-order valence-corrected chi connectivity index (χ1v) is 7.38. The monoisotopic (exact) mass is 315 g/mol. The molecule has 3 aromatic heterocycles. The molecule has 0 fully saturated rings. The minimum Gasteiger partial charge on any atom is -0.394 e. The van der Waals surface area contributed by atoms with E-state index in [9.17, 15) is 5.11 Å². The van der Waals surface area contributed by atoms with Crippen molar-refractivity contribution in [2.45, 2.75) is 12.6 Å². The highest BCUT2D eigenvalue weighted by atomic mass is 32.1. The van der Waals surface area contributed by atoms with Crippen molar-refractivity contribution >= 4 is 28.3 Å². The molecule has 22 heavy (non-hydrogen) atoms. The van der Waals surface area contributed by atoms with Gasteiger partial charge in [-0.1, -0.05) is 6.07 Å². The third-order valence-corrected chi connectivity index (χ3v) is 3.71. The molecule has 0 aromatic carbocycles. The van der Waals surface area contributed by atoms with Crippen molar-refractivity contribution in [3.05, 3.63) is 34.5 Å². The molecule has 3 heterocycles. The van der Waals surface area contributed by atoms with Crippen LogP contribution in [-0.2, 0) is 6.54 Å². The van der Waals surface area contributed by atoms with E-state index in [-0.39, 0.29) is 19.0 Å². The van der Waals surface area contributed by atoms with Crippen LogP contribution in [-0.4, -0.2) is 42.4 Å². The van der Waals surface area contributed by atoms with Crippen LogP contribution in [0.2, 0.25) is 0 Å². The van der Waals surface area contributed by atoms with Crippen LogP contribution in [0.4, 0.5) is 5.82 Å². The number of anilines is 1. The highest BCUT2D eigenvalue weighted by Crippen LogP contribution is 2.16. The zero-order valence-electron chi connectivity index (χ0n) is 11.5. The van der Waals surface area contributed by atoms with E-state index in [1.807, 2.05) is 17.5 Å². The summed E-state index contributed by atoms with van der Waals surface area (Å²) < 4.78 is 1.62. The van der Waals surface area contributed by atoms with Gasteiger partial charge in [0.1, 0.15) is 5.52 Å². The molecule has 7 nitrogen and oxygen atoms in total. The number of fused-ring (bicyclic) bond motifs is 1. The Labute approximate surface area is 130 Å². The van der Waals surface area contributed by atoms with Crippen LogP contribution in [0.3, 0.4) is 0 Å². The van der Waals surface area contributed by atoms with Crippen molar-refractivity contribution in [2.75, 3.05) is 12.3 Å². The van der Waals surface area contributed by atoms with Crippen LogP contribution in [0.5, 0.6) is 0 Å². The minimum atomic E-state index is -0.894. The summed E-state index contributed by atoms with van der Waals surface area (Å²) in [5, 5.41) is 20.4. The molecule has 0 aliphatic carbocycles. The van der Waals surface area contributed by atoms with Crippen LogP contribution in [0, 0.1) is 11.8 Å². The third kappa shape index (κ3) is 2.92. The van der Waals surface area contributed by atoms with Crippen molar-refractivity contribution in [1.29, 1.82) is 0 Å². The van der Waals surface area contributed by atoms with Crippen LogP contribution in [0.15, 0.2) is 23.8 Å². The first-order chi connectivity index (χ1) is 10.7. The molecule has 8 heteroatoms. The lowest BCUT2D eigenvalue weighted by atomic mass is 10.3. The second-order valence-electron chi connectivity index (χ2n) is 4.57. The summed E-state index contributed by atoms with van der Waals surface area (Å²) in [6.07, 6.45) is 0.611. The average molecular weight is 315 g/mol. The fraction of sp³-hybridized carbons (Fsp3) is 0.214. The number of imidazole rings is 1. The standard InChI is InChI=1S/C14H13N5O2S/c15-13-12-14(19(8-16-12)6-9(21)7-20)18-11(17-13)4-3-10-2-1-5-22-10/h1-2,5,8-9,20-21H,6-7H2,(H2,15,17,18). The lowest BCUT2D eigenvalue weighted by Crippen LogP contribution is -2.19. The van der Waals surface area contributed by atoms with Gasteiger partial charge in [0.15, 0.2) is 11.5 Å². The number of hydrogen-bond donors (Lipinski definition) is 3. The highest BCUT2D eigenvalue weighted by Gasteiger charge is 2.12. The normalized spacial score (nSPS) is 12.1. The van der Waals surface area contributed by atoms with Crippen LogP contribution in [0.1, 0.15) is 10.7 Å². The molecular formula is C14H13N5O2S. The fourth-order valence-electron chi connectivity index (χ4n) is 1.91. The molecule has 1 unspecified atom stereocenters. The third-order valence-electron chi connectivity index (χ3n) is 2.93. The van der Waals surface area contributed by atoms with E-state index in [4.69, 9.17) is 10.8 Å². The molecular weight excluding hydrogens is 302 g/mol. The predicted molar refractivity (Wildman–Crippen MR) is 83.1 cm³/mol. The van der Waals surface area contributed by atoms with Crippen molar-refractivity contribution in [3.8, 4) is 11.8 Å². The molecule has 112 valence electrons. The molecule has 0 aliphatic heterocycles. The number of nitrogens with zero attached hydrogens (tertiary/aromatic N) is 4. The molecule has 0 saturated carbocycles. The molecule has 3 aromatic rings. The molecule has 3 rings (SSSR count). The Balaban J connectivity index is 2.00. The van der Waals surface area contributed by atoms with Crippen LogP contribution >= 0.6 is 11.3 Å². The summed E-state index contributed by atoms with van der Waals surface area (Å²) in [6.45, 7) is -0.174. The number of hydrogen-bond acceptors (Lipinski definition) is 7. The number of aromatic nitrogens is 4. The maximum Gasteiger partial charge on any atom is 0.209 e. The molecule has 0 radical (unpaired) electrons. The van der Waals surface area contributed by atoms with E-state index in [0.29, 0.717) is 17.0 Å². The van der Waals surface area contributed by atoms with E-state index >= 15 is 0 Å². The number of thiophene rings is 1. The Morgan fingerprint density at radius 2 is 2.23 bits per heavy atom. The van der Waals surface area contributed by atoms with Gasteiger partial charge in [-0.25, -0.2) is 15.0 Å². The van der Waals surface area contributed by atoms with Gasteiger partial charge < -0.3 is 20.5 Å². The van der Waals surface area contributed by atoms with E-state index < -0.39 is 6.10 Å². The van der Waals surface area contributed by atoms with E-state index in [1.54, 1.807) is 4.57 Å². The first kappa shape index (κ1) is 14.5. The molecule has 0 bridgehead atoms. The number of aliphatic hydroxyl groups excluding tert-OH is 2. The maximum absolute atomic E-state index is 9.56. The Kier molecular flexibility index (Phi) is 4.02. The van der Waals surface area contributed by atoms with E-state index in [2.05, 4.69) is 26.8 Å². The van der Waals surface area contributed by atoms with Gasteiger partial charge in [0.2, 0.25) is 5.82 Å². The van der Waals surface area contributed by atoms with Crippen LogP contribution in [0.25, 0.3) is 11.2 Å². The van der Waals surface area contributed by atoms with Crippen molar-refractivity contribution in [3.63, 3.8) is 0 Å². The lowest BCUT2D eigenvalue weighted by molar-refractivity contribution is 0.0820. The Morgan fingerprint density at radius 3 is 2.95 bits per heavy atom. The van der Waals surface area contributed by atoms with Gasteiger partial charge in [-0.05, 0) is 23.3 Å². The number of aliphatic hydroxyl groups is 2. The molecule has 0 aliphatic rings. The van der Waals surface area contributed by atoms with Gasteiger partial charge in [0, 0.05) is 0 Å². The molecule has 1 atom stereocenters. The van der Waals surface area contributed by atoms with Gasteiger partial charge >= 0.3 is 0 Å². The Hall–Kier alpha value is -2.47. The summed E-state index contributed by atoms with van der Waals surface area (Å²) >= 11 is 1.53. The summed E-state index contributed by atoms with van der Waals surface area (Å²) in [5.74, 6) is 6.36. The van der Waals surface area contributed by atoms with Crippen molar-refractivity contribution < 1.29 is 10.2 Å². The first-order valence-electron chi connectivity index (χ1n) is 6.50. The topological polar surface area (TPSA) is 110 Å². The smallest absolute Gasteiger partial charge is 0.209 e. The second-order valence-corrected chi connectivity index (χ2v) is 5.51. The SMILES string of the molecule is Nc1nc(C#Cc2cccs2)nc2c1ncn2CC(O)CO. The lowest BCUT2D eigenvalue weighted by Gasteiger charge is -2.08. The number of nitrogens with two attached hydrogens (primary N) is 1. The number of nitrogen functional groups attached to an aromatic ring is 1. The van der Waals surface area contributed by atoms with Gasteiger partial charge in [-0.3, -0.25) is 0 Å². The molecule has 0 amide bonds. The van der Waals surface area contributed by atoms with Crippen molar-refractivity contribution in [2.24, 2.45) is 0 Å². The Bertz CT molecular complexity index is 847. The Morgan fingerprint density at radius 1 is 1.36 bits per heavy atom. The quantitative estimate of drug-likeness (QED) is 0.597. The summed E-state index contributed by atoms with van der Waals surface area (Å²) in [5.41, 5.74) is 6.81. The fourth-order valence-corrected chi connectivity index (χ4v) is 2.48. The zero-order valence-corrected chi connectivity index (χ0v) is 12.3. The number of rotatable bonds is 3. The molecule has 4 N–H and O–H groups in total. The summed E-state index contributed by atoms with van der Waals surface area (Å²) in [4.78, 5) is 13.5. The summed E-state index contributed by atoms with van der Waals surface area (Å²) in [6, 6.07) is 3.82. The largest absolute Gasteiger partial charge is 0.394 e. The second kappa shape index (κ2) is 6.11. The molecule has 0 saturated heterocycles.